The number of anilines is 1. The molecular weight excluding hydrogens is 432 g/mol. The van der Waals surface area contributed by atoms with Crippen molar-refractivity contribution in [3.05, 3.63) is 63.4 Å². The standard InChI is InChI=1S/C21H20ClF2N3O2S/c1-11(2)10-27-20(29)15-8-13(22)4-6-17(15)26-21(27)30-12(3)19(28)25-18-7-5-14(23)9-16(18)24/h4-9,11-12H,10H2,1-3H3,(H,25,28). The van der Waals surface area contributed by atoms with Gasteiger partial charge in [-0.05, 0) is 43.2 Å². The van der Waals surface area contributed by atoms with E-state index in [1.54, 1.807) is 25.1 Å². The molecule has 2 aromatic carbocycles. The predicted octanol–water partition coefficient (Wildman–Crippen LogP) is 5.10. The molecule has 0 fully saturated rings. The summed E-state index contributed by atoms with van der Waals surface area (Å²) in [7, 11) is 0. The number of carbonyl (C=O) groups excluding carboxylic acids is 1. The largest absolute Gasteiger partial charge is 0.323 e. The van der Waals surface area contributed by atoms with Gasteiger partial charge >= 0.3 is 0 Å². The van der Waals surface area contributed by atoms with Crippen molar-refractivity contribution < 1.29 is 13.6 Å². The molecule has 0 aliphatic carbocycles. The molecule has 1 heterocycles. The van der Waals surface area contributed by atoms with Crippen molar-refractivity contribution in [1.29, 1.82) is 0 Å². The molecule has 1 atom stereocenters. The number of aromatic nitrogens is 2. The molecule has 1 amide bonds. The van der Waals surface area contributed by atoms with Crippen LogP contribution in [0.15, 0.2) is 46.3 Å². The summed E-state index contributed by atoms with van der Waals surface area (Å²) in [6.45, 7) is 5.98. The van der Waals surface area contributed by atoms with Gasteiger partial charge in [0.1, 0.15) is 11.6 Å². The smallest absolute Gasteiger partial charge is 0.262 e. The molecule has 1 unspecified atom stereocenters. The van der Waals surface area contributed by atoms with E-state index in [1.807, 2.05) is 13.8 Å². The molecule has 0 spiro atoms. The Kier molecular flexibility index (Phi) is 6.77. The molecule has 0 bridgehead atoms. The molecule has 3 rings (SSSR count). The highest BCUT2D eigenvalue weighted by Crippen LogP contribution is 2.26. The van der Waals surface area contributed by atoms with E-state index >= 15 is 0 Å². The van der Waals surface area contributed by atoms with Gasteiger partial charge < -0.3 is 5.32 Å². The van der Waals surface area contributed by atoms with Crippen LogP contribution in [-0.2, 0) is 11.3 Å². The van der Waals surface area contributed by atoms with Crippen LogP contribution < -0.4 is 10.9 Å². The topological polar surface area (TPSA) is 64.0 Å². The number of thioether (sulfide) groups is 1. The number of benzene rings is 2. The maximum absolute atomic E-state index is 13.8. The number of nitrogens with one attached hydrogen (secondary N) is 1. The molecule has 1 aromatic heterocycles. The number of hydrogen-bond acceptors (Lipinski definition) is 4. The Bertz CT molecular complexity index is 1170. The summed E-state index contributed by atoms with van der Waals surface area (Å²) in [4.78, 5) is 30.1. The van der Waals surface area contributed by atoms with E-state index in [0.717, 1.165) is 23.9 Å². The van der Waals surface area contributed by atoms with Crippen molar-refractivity contribution in [2.75, 3.05) is 5.32 Å². The van der Waals surface area contributed by atoms with Crippen LogP contribution in [0, 0.1) is 17.6 Å². The SMILES string of the molecule is CC(C)Cn1c(SC(C)C(=O)Nc2ccc(F)cc2F)nc2ccc(Cl)cc2c1=O. The van der Waals surface area contributed by atoms with Gasteiger partial charge in [-0.2, -0.15) is 0 Å². The fraction of sp³-hybridized carbons (Fsp3) is 0.286. The summed E-state index contributed by atoms with van der Waals surface area (Å²) in [6, 6.07) is 7.79. The molecule has 0 radical (unpaired) electrons. The Balaban J connectivity index is 1.92. The molecule has 30 heavy (non-hydrogen) atoms. The Morgan fingerprint density at radius 1 is 1.20 bits per heavy atom. The quantitative estimate of drug-likeness (QED) is 0.418. The molecule has 1 N–H and O–H groups in total. The van der Waals surface area contributed by atoms with Gasteiger partial charge in [-0.1, -0.05) is 37.2 Å². The lowest BCUT2D eigenvalue weighted by molar-refractivity contribution is -0.115. The predicted molar refractivity (Wildman–Crippen MR) is 116 cm³/mol. The summed E-state index contributed by atoms with van der Waals surface area (Å²) in [5.41, 5.74) is 0.120. The minimum absolute atomic E-state index is 0.116. The fourth-order valence-corrected chi connectivity index (χ4v) is 3.92. The third kappa shape index (κ3) is 4.99. The maximum atomic E-state index is 13.8. The molecular formula is C21H20ClF2N3O2S. The number of hydrogen-bond donors (Lipinski definition) is 1. The second kappa shape index (κ2) is 9.14. The van der Waals surface area contributed by atoms with Gasteiger partial charge in [0, 0.05) is 17.6 Å². The van der Waals surface area contributed by atoms with E-state index in [2.05, 4.69) is 10.3 Å². The lowest BCUT2D eigenvalue weighted by atomic mass is 10.2. The Morgan fingerprint density at radius 3 is 2.60 bits per heavy atom. The summed E-state index contributed by atoms with van der Waals surface area (Å²) in [5, 5.41) is 2.97. The molecule has 0 saturated carbocycles. The van der Waals surface area contributed by atoms with E-state index in [4.69, 9.17) is 11.6 Å². The van der Waals surface area contributed by atoms with E-state index < -0.39 is 22.8 Å². The van der Waals surface area contributed by atoms with Gasteiger partial charge in [-0.3, -0.25) is 14.2 Å². The van der Waals surface area contributed by atoms with Gasteiger partial charge in [0.05, 0.1) is 21.8 Å². The summed E-state index contributed by atoms with van der Waals surface area (Å²) in [5.74, 6) is -1.92. The van der Waals surface area contributed by atoms with Crippen molar-refractivity contribution in [3.8, 4) is 0 Å². The van der Waals surface area contributed by atoms with Crippen molar-refractivity contribution >= 4 is 45.9 Å². The Labute approximate surface area is 181 Å². The fourth-order valence-electron chi connectivity index (χ4n) is 2.83. The Morgan fingerprint density at radius 2 is 1.93 bits per heavy atom. The van der Waals surface area contributed by atoms with Crippen molar-refractivity contribution in [2.45, 2.75) is 37.7 Å². The number of halogens is 3. The number of carbonyl (C=O) groups is 1. The minimum atomic E-state index is -0.863. The summed E-state index contributed by atoms with van der Waals surface area (Å²) < 4.78 is 28.4. The lowest BCUT2D eigenvalue weighted by Gasteiger charge is -2.18. The Hall–Kier alpha value is -2.45. The van der Waals surface area contributed by atoms with E-state index in [9.17, 15) is 18.4 Å². The first-order chi connectivity index (χ1) is 14.2. The second-order valence-electron chi connectivity index (χ2n) is 7.24. The molecule has 5 nitrogen and oxygen atoms in total. The number of fused-ring (bicyclic) bond motifs is 1. The zero-order valence-corrected chi connectivity index (χ0v) is 18.2. The van der Waals surface area contributed by atoms with Crippen molar-refractivity contribution in [1.82, 2.24) is 9.55 Å². The minimum Gasteiger partial charge on any atom is -0.323 e. The lowest BCUT2D eigenvalue weighted by Crippen LogP contribution is -2.28. The van der Waals surface area contributed by atoms with Crippen LogP contribution in [0.25, 0.3) is 10.9 Å². The van der Waals surface area contributed by atoms with Crippen LogP contribution in [-0.4, -0.2) is 20.7 Å². The average Bonchev–Trinajstić information content (AvgIpc) is 2.67. The number of nitrogens with zero attached hydrogens (tertiary/aromatic N) is 2. The maximum Gasteiger partial charge on any atom is 0.262 e. The highest BCUT2D eigenvalue weighted by molar-refractivity contribution is 8.00. The van der Waals surface area contributed by atoms with Crippen LogP contribution in [0.4, 0.5) is 14.5 Å². The van der Waals surface area contributed by atoms with Gasteiger partial charge in [-0.25, -0.2) is 13.8 Å². The van der Waals surface area contributed by atoms with E-state index in [-0.39, 0.29) is 17.2 Å². The molecule has 158 valence electrons. The zero-order chi connectivity index (χ0) is 22.0. The average molecular weight is 452 g/mol. The van der Waals surface area contributed by atoms with Crippen LogP contribution in [0.2, 0.25) is 5.02 Å². The first-order valence-electron chi connectivity index (χ1n) is 9.28. The van der Waals surface area contributed by atoms with Crippen LogP contribution in [0.3, 0.4) is 0 Å². The van der Waals surface area contributed by atoms with Crippen LogP contribution in [0.5, 0.6) is 0 Å². The first kappa shape index (κ1) is 22.2. The number of rotatable bonds is 6. The summed E-state index contributed by atoms with van der Waals surface area (Å²) in [6.07, 6.45) is 0. The highest BCUT2D eigenvalue weighted by atomic mass is 35.5. The molecule has 0 aliphatic heterocycles. The van der Waals surface area contributed by atoms with Crippen molar-refractivity contribution in [2.24, 2.45) is 5.92 Å². The number of amides is 1. The van der Waals surface area contributed by atoms with Gasteiger partial charge in [0.25, 0.3) is 5.56 Å². The third-order valence-corrected chi connectivity index (χ3v) is 5.59. The second-order valence-corrected chi connectivity index (χ2v) is 8.98. The van der Waals surface area contributed by atoms with Crippen molar-refractivity contribution in [3.63, 3.8) is 0 Å². The molecule has 3 aromatic rings. The molecule has 0 aliphatic rings. The van der Waals surface area contributed by atoms with Gasteiger partial charge in [0.15, 0.2) is 5.16 Å². The normalized spacial score (nSPS) is 12.4. The van der Waals surface area contributed by atoms with Crippen LogP contribution >= 0.6 is 23.4 Å². The monoisotopic (exact) mass is 451 g/mol. The van der Waals surface area contributed by atoms with Crippen LogP contribution in [0.1, 0.15) is 20.8 Å². The van der Waals surface area contributed by atoms with Gasteiger partial charge in [0.2, 0.25) is 5.91 Å². The molecule has 0 saturated heterocycles. The highest BCUT2D eigenvalue weighted by Gasteiger charge is 2.21. The molecule has 9 heteroatoms. The third-order valence-electron chi connectivity index (χ3n) is 4.27. The van der Waals surface area contributed by atoms with E-state index in [1.165, 1.54) is 4.57 Å². The summed E-state index contributed by atoms with van der Waals surface area (Å²) >= 11 is 7.12. The first-order valence-corrected chi connectivity index (χ1v) is 10.5. The van der Waals surface area contributed by atoms with E-state index in [0.29, 0.717) is 33.7 Å². The van der Waals surface area contributed by atoms with Gasteiger partial charge in [-0.15, -0.1) is 0 Å². The zero-order valence-electron chi connectivity index (χ0n) is 16.6.